The Morgan fingerprint density at radius 2 is 1.06 bits per heavy atom. The monoisotopic (exact) mass is 423 g/mol. The maximum Gasteiger partial charge on any atom is 0.150 e. The molecule has 2 heteroatoms. The molecule has 1 heterocycles. The first-order valence-electron chi connectivity index (χ1n) is 11.6. The molecule has 4 rings (SSSR count). The molecule has 158 valence electrons. The van der Waals surface area contributed by atoms with Crippen LogP contribution in [0.3, 0.4) is 0 Å². The second-order valence-corrected chi connectivity index (χ2v) is 12.2. The van der Waals surface area contributed by atoms with E-state index in [9.17, 15) is 0 Å². The number of hydrogen-bond acceptors (Lipinski definition) is 1. The van der Waals surface area contributed by atoms with Crippen LogP contribution in [-0.2, 0) is 0 Å². The van der Waals surface area contributed by atoms with Crippen LogP contribution in [0.5, 0.6) is 0 Å². The molecule has 0 bridgehead atoms. The van der Waals surface area contributed by atoms with Crippen LogP contribution in [0, 0.1) is 0 Å². The SMILES string of the molecule is CCC1=C(c2ccccc2)[Si@@](C)(c2ccccc2)C(c2ccccc2)=C1N(CC)CC. The van der Waals surface area contributed by atoms with E-state index < -0.39 is 8.07 Å². The highest BCUT2D eigenvalue weighted by Gasteiger charge is 2.48. The first-order valence-corrected chi connectivity index (χ1v) is 14.1. The van der Waals surface area contributed by atoms with Crippen molar-refractivity contribution >= 4 is 23.7 Å². The number of rotatable bonds is 7. The van der Waals surface area contributed by atoms with Crippen molar-refractivity contribution in [3.05, 3.63) is 113 Å². The average Bonchev–Trinajstić information content (AvgIpc) is 3.11. The zero-order chi connectivity index (χ0) is 21.8. The van der Waals surface area contributed by atoms with E-state index in [2.05, 4.69) is 123 Å². The first-order chi connectivity index (χ1) is 15.2. The van der Waals surface area contributed by atoms with Crippen LogP contribution < -0.4 is 5.19 Å². The molecule has 0 saturated carbocycles. The normalized spacial score (nSPS) is 18.6. The van der Waals surface area contributed by atoms with Crippen molar-refractivity contribution in [1.29, 1.82) is 0 Å². The van der Waals surface area contributed by atoms with Crippen LogP contribution in [0.2, 0.25) is 6.55 Å². The van der Waals surface area contributed by atoms with Crippen LogP contribution in [-0.4, -0.2) is 26.1 Å². The van der Waals surface area contributed by atoms with E-state index in [0.29, 0.717) is 0 Å². The van der Waals surface area contributed by atoms with E-state index in [1.165, 1.54) is 27.6 Å². The Morgan fingerprint density at radius 3 is 1.52 bits per heavy atom. The Kier molecular flexibility index (Phi) is 6.29. The lowest BCUT2D eigenvalue weighted by atomic mass is 10.0. The van der Waals surface area contributed by atoms with E-state index in [1.54, 1.807) is 10.4 Å². The third kappa shape index (κ3) is 3.59. The Bertz CT molecular complexity index is 1080. The summed E-state index contributed by atoms with van der Waals surface area (Å²) in [5.74, 6) is 0. The summed E-state index contributed by atoms with van der Waals surface area (Å²) in [6.45, 7) is 11.5. The summed E-state index contributed by atoms with van der Waals surface area (Å²) in [4.78, 5) is 2.59. The number of nitrogens with zero attached hydrogens (tertiary/aromatic N) is 1. The lowest BCUT2D eigenvalue weighted by Gasteiger charge is -2.32. The molecule has 1 nitrogen and oxygen atoms in total. The van der Waals surface area contributed by atoms with Crippen LogP contribution >= 0.6 is 0 Å². The Morgan fingerprint density at radius 1 is 0.613 bits per heavy atom. The van der Waals surface area contributed by atoms with Gasteiger partial charge in [0.15, 0.2) is 0 Å². The summed E-state index contributed by atoms with van der Waals surface area (Å²) in [6, 6.07) is 33.5. The Hall–Kier alpha value is -2.84. The smallest absolute Gasteiger partial charge is 0.150 e. The molecule has 31 heavy (non-hydrogen) atoms. The Labute approximate surface area is 188 Å². The minimum Gasteiger partial charge on any atom is -0.372 e. The highest BCUT2D eigenvalue weighted by molar-refractivity contribution is 7.19. The quantitative estimate of drug-likeness (QED) is 0.383. The summed E-state index contributed by atoms with van der Waals surface area (Å²) >= 11 is 0. The molecule has 0 N–H and O–H groups in total. The number of hydrogen-bond donors (Lipinski definition) is 0. The van der Waals surface area contributed by atoms with Gasteiger partial charge in [-0.3, -0.25) is 0 Å². The van der Waals surface area contributed by atoms with E-state index in [4.69, 9.17) is 0 Å². The van der Waals surface area contributed by atoms with Crippen LogP contribution in [0.25, 0.3) is 10.4 Å². The molecule has 0 aromatic heterocycles. The number of benzene rings is 3. The van der Waals surface area contributed by atoms with E-state index in [0.717, 1.165) is 19.5 Å². The van der Waals surface area contributed by atoms with Crippen LogP contribution in [0.1, 0.15) is 38.3 Å². The molecule has 0 spiro atoms. The summed E-state index contributed by atoms with van der Waals surface area (Å²) in [5.41, 5.74) is 5.77. The van der Waals surface area contributed by atoms with Gasteiger partial charge in [0, 0.05) is 18.8 Å². The summed E-state index contributed by atoms with van der Waals surface area (Å²) in [5, 5.41) is 4.64. The van der Waals surface area contributed by atoms with Gasteiger partial charge in [-0.2, -0.15) is 0 Å². The number of likely N-dealkylation sites (N-methyl/N-ethyl adjacent to an activating group) is 1. The van der Waals surface area contributed by atoms with Gasteiger partial charge >= 0.3 is 0 Å². The summed E-state index contributed by atoms with van der Waals surface area (Å²) in [7, 11) is -2.23. The molecular weight excluding hydrogens is 390 g/mol. The van der Waals surface area contributed by atoms with Crippen molar-refractivity contribution in [2.24, 2.45) is 0 Å². The van der Waals surface area contributed by atoms with Gasteiger partial charge < -0.3 is 4.90 Å². The molecule has 0 radical (unpaired) electrons. The fourth-order valence-electron chi connectivity index (χ4n) is 5.32. The van der Waals surface area contributed by atoms with Gasteiger partial charge in [0.25, 0.3) is 0 Å². The van der Waals surface area contributed by atoms with Crippen molar-refractivity contribution in [2.45, 2.75) is 33.7 Å². The van der Waals surface area contributed by atoms with Gasteiger partial charge in [-0.25, -0.2) is 0 Å². The van der Waals surface area contributed by atoms with Gasteiger partial charge in [0.05, 0.1) is 0 Å². The largest absolute Gasteiger partial charge is 0.372 e. The fourth-order valence-corrected chi connectivity index (χ4v) is 10.2. The van der Waals surface area contributed by atoms with E-state index in [-0.39, 0.29) is 0 Å². The number of allylic oxidation sites excluding steroid dienone is 1. The average molecular weight is 424 g/mol. The predicted molar refractivity (Wildman–Crippen MR) is 138 cm³/mol. The highest BCUT2D eigenvalue weighted by Crippen LogP contribution is 2.50. The second kappa shape index (κ2) is 9.11. The van der Waals surface area contributed by atoms with Gasteiger partial charge in [0.1, 0.15) is 8.07 Å². The molecule has 0 unspecified atom stereocenters. The van der Waals surface area contributed by atoms with E-state index >= 15 is 0 Å². The topological polar surface area (TPSA) is 3.24 Å². The molecule has 1 aliphatic rings. The van der Waals surface area contributed by atoms with Crippen molar-refractivity contribution in [3.63, 3.8) is 0 Å². The first kappa shape index (κ1) is 21.4. The Balaban J connectivity index is 2.13. The minimum atomic E-state index is -2.23. The zero-order valence-corrected chi connectivity index (χ0v) is 20.2. The third-order valence-electron chi connectivity index (χ3n) is 6.73. The predicted octanol–water partition coefficient (Wildman–Crippen LogP) is 6.68. The molecule has 1 atom stereocenters. The molecule has 0 saturated heterocycles. The second-order valence-electron chi connectivity index (χ2n) is 8.33. The molecule has 3 aromatic carbocycles. The molecule has 1 aliphatic heterocycles. The lowest BCUT2D eigenvalue weighted by molar-refractivity contribution is 0.391. The fraction of sp³-hybridized carbons (Fsp3) is 0.241. The third-order valence-corrected chi connectivity index (χ3v) is 11.3. The highest BCUT2D eigenvalue weighted by atomic mass is 28.3. The van der Waals surface area contributed by atoms with Gasteiger partial charge in [0.2, 0.25) is 0 Å². The van der Waals surface area contributed by atoms with Crippen molar-refractivity contribution in [3.8, 4) is 0 Å². The van der Waals surface area contributed by atoms with Crippen LogP contribution in [0.15, 0.2) is 102 Å². The van der Waals surface area contributed by atoms with Gasteiger partial charge in [-0.05, 0) is 52.5 Å². The molecular formula is C29H33NSi. The minimum absolute atomic E-state index is 1.02. The van der Waals surface area contributed by atoms with Gasteiger partial charge in [-0.15, -0.1) is 0 Å². The zero-order valence-electron chi connectivity index (χ0n) is 19.2. The molecule has 0 aliphatic carbocycles. The lowest BCUT2D eigenvalue weighted by Crippen LogP contribution is -2.47. The summed E-state index contributed by atoms with van der Waals surface area (Å²) < 4.78 is 0. The standard InChI is InChI=1S/C29H33NSi/c1-5-26-27(30(6-2)7-3)29(24-19-13-9-14-20-24)31(4,25-21-15-10-16-22-25)28(26)23-17-11-8-12-18-23/h8-22H,5-7H2,1-4H3/t31-/m1/s1. The summed E-state index contributed by atoms with van der Waals surface area (Å²) in [6.07, 6.45) is 1.04. The molecule has 3 aromatic rings. The van der Waals surface area contributed by atoms with E-state index in [1.807, 2.05) is 0 Å². The van der Waals surface area contributed by atoms with Crippen LogP contribution in [0.4, 0.5) is 0 Å². The van der Waals surface area contributed by atoms with Crippen molar-refractivity contribution in [1.82, 2.24) is 4.90 Å². The molecule has 0 amide bonds. The maximum absolute atomic E-state index is 2.59. The van der Waals surface area contributed by atoms with Crippen molar-refractivity contribution in [2.75, 3.05) is 13.1 Å². The maximum atomic E-state index is 2.59. The molecule has 0 fully saturated rings. The van der Waals surface area contributed by atoms with Gasteiger partial charge in [-0.1, -0.05) is 104 Å². The van der Waals surface area contributed by atoms with Crippen molar-refractivity contribution < 1.29 is 0 Å².